The van der Waals surface area contributed by atoms with Crippen molar-refractivity contribution in [1.29, 1.82) is 10.5 Å². The zero-order chi connectivity index (χ0) is 29.0. The lowest BCUT2D eigenvalue weighted by atomic mass is 9.94. The number of benzene rings is 2. The lowest BCUT2D eigenvalue weighted by Gasteiger charge is -2.27. The van der Waals surface area contributed by atoms with Crippen LogP contribution in [0.25, 0.3) is 11.8 Å². The van der Waals surface area contributed by atoms with E-state index in [4.69, 9.17) is 0 Å². The van der Waals surface area contributed by atoms with Crippen LogP contribution in [0.5, 0.6) is 5.88 Å². The molecule has 0 spiro atoms. The van der Waals surface area contributed by atoms with Gasteiger partial charge in [0.1, 0.15) is 23.3 Å². The number of carbonyl (C=O) groups is 2. The number of para-hydroxylation sites is 2. The quantitative estimate of drug-likeness (QED) is 0.281. The summed E-state index contributed by atoms with van der Waals surface area (Å²) in [4.78, 5) is 40.1. The van der Waals surface area contributed by atoms with Crippen molar-refractivity contribution in [3.8, 4) is 23.7 Å². The maximum absolute atomic E-state index is 13.3. The van der Waals surface area contributed by atoms with Crippen LogP contribution < -0.4 is 10.5 Å². The van der Waals surface area contributed by atoms with Gasteiger partial charge >= 0.3 is 0 Å². The molecule has 4 rings (SSSR count). The summed E-state index contributed by atoms with van der Waals surface area (Å²) in [7, 11) is 0. The highest BCUT2D eigenvalue weighted by Crippen LogP contribution is 2.30. The van der Waals surface area contributed by atoms with Gasteiger partial charge in [-0.25, -0.2) is 9.47 Å². The number of nitriles is 2. The monoisotopic (exact) mass is 528 g/mol. The molecule has 0 atom stereocenters. The maximum atomic E-state index is 13.3. The average Bonchev–Trinajstić information content (AvgIpc) is 2.94. The highest BCUT2D eigenvalue weighted by molar-refractivity contribution is 6.31. The molecular weight excluding hydrogens is 504 g/mol. The van der Waals surface area contributed by atoms with Crippen LogP contribution in [0.2, 0.25) is 0 Å². The Bertz CT molecular complexity index is 1800. The normalized spacial score (nSPS) is 15.1. The van der Waals surface area contributed by atoms with Gasteiger partial charge in [0.05, 0.1) is 11.4 Å². The van der Waals surface area contributed by atoms with Crippen LogP contribution in [0.15, 0.2) is 106 Å². The van der Waals surface area contributed by atoms with Gasteiger partial charge < -0.3 is 5.11 Å². The van der Waals surface area contributed by atoms with E-state index < -0.39 is 17.4 Å². The second-order valence-corrected chi connectivity index (χ2v) is 9.04. The van der Waals surface area contributed by atoms with Crippen LogP contribution in [-0.2, 0) is 9.59 Å². The molecule has 2 aromatic carbocycles. The molecule has 1 aromatic heterocycles. The van der Waals surface area contributed by atoms with Crippen molar-refractivity contribution in [2.75, 3.05) is 4.90 Å². The van der Waals surface area contributed by atoms with E-state index in [1.807, 2.05) is 12.1 Å². The third kappa shape index (κ3) is 4.90. The summed E-state index contributed by atoms with van der Waals surface area (Å²) in [5.74, 6) is -1.54. The zero-order valence-electron chi connectivity index (χ0n) is 22.0. The van der Waals surface area contributed by atoms with Crippen LogP contribution in [-0.4, -0.2) is 21.5 Å². The number of allylic oxidation sites excluding steroid dienone is 4. The number of nitrogens with zero attached hydrogens (tertiary/aromatic N) is 4. The van der Waals surface area contributed by atoms with Gasteiger partial charge in [-0.2, -0.15) is 10.5 Å². The lowest BCUT2D eigenvalue weighted by Crippen LogP contribution is -2.42. The molecular formula is C32H24N4O4. The summed E-state index contributed by atoms with van der Waals surface area (Å²) in [6.45, 7) is 4.90. The van der Waals surface area contributed by atoms with E-state index in [9.17, 15) is 30.0 Å². The number of carbonyl (C=O) groups excluding carboxylic acids is 2. The largest absolute Gasteiger partial charge is 0.494 e. The Hall–Kier alpha value is -5.73. The minimum atomic E-state index is -0.679. The summed E-state index contributed by atoms with van der Waals surface area (Å²) >= 11 is 0. The molecule has 0 saturated carbocycles. The van der Waals surface area contributed by atoms with Crippen molar-refractivity contribution in [3.63, 3.8) is 0 Å². The summed E-state index contributed by atoms with van der Waals surface area (Å²) in [6.07, 6.45) is 6.43. The molecule has 1 N–H and O–H groups in total. The fourth-order valence-electron chi connectivity index (χ4n) is 4.34. The van der Waals surface area contributed by atoms with Crippen molar-refractivity contribution in [2.45, 2.75) is 20.8 Å². The third-order valence-electron chi connectivity index (χ3n) is 6.56. The fourth-order valence-corrected chi connectivity index (χ4v) is 4.34. The van der Waals surface area contributed by atoms with Gasteiger partial charge in [0.2, 0.25) is 5.88 Å². The minimum Gasteiger partial charge on any atom is -0.494 e. The molecule has 0 saturated heterocycles. The van der Waals surface area contributed by atoms with Gasteiger partial charge in [0.25, 0.3) is 17.4 Å². The molecule has 3 aromatic rings. The molecule has 0 bridgehead atoms. The number of amides is 2. The predicted octanol–water partition coefficient (Wildman–Crippen LogP) is 5.02. The SMILES string of the molecule is CC1=C(C#N)C(=O)N(c2ccccc2)C(=O)\C1=C/C=C(C)/C=C/c1c(C)c(C#N)c(=O)n(-c2ccccc2)c1O. The lowest BCUT2D eigenvalue weighted by molar-refractivity contribution is -0.122. The number of hydrogen-bond donors (Lipinski definition) is 1. The van der Waals surface area contributed by atoms with Gasteiger partial charge in [-0.1, -0.05) is 54.1 Å². The van der Waals surface area contributed by atoms with Crippen molar-refractivity contribution < 1.29 is 14.7 Å². The van der Waals surface area contributed by atoms with Crippen LogP contribution in [0.4, 0.5) is 5.69 Å². The van der Waals surface area contributed by atoms with Crippen LogP contribution in [0, 0.1) is 29.6 Å². The standard InChI is InChI=1S/C32H24N4O4/c1-20(14-16-25-21(2)27(18-33)31(39)35(29(25)37)23-10-6-4-7-11-23)15-17-26-22(3)28(19-34)32(40)36(30(26)38)24-12-8-5-9-13-24/h4-17,37H,1-3H3/b16-14+,20-15+,26-17-. The van der Waals surface area contributed by atoms with E-state index in [0.29, 0.717) is 22.5 Å². The Labute approximate surface area is 231 Å². The van der Waals surface area contributed by atoms with Crippen molar-refractivity contribution >= 4 is 23.6 Å². The Balaban J connectivity index is 1.76. The number of aromatic hydroxyl groups is 1. The Kier molecular flexibility index (Phi) is 7.74. The molecule has 2 heterocycles. The summed E-state index contributed by atoms with van der Waals surface area (Å²) < 4.78 is 1.08. The molecule has 0 radical (unpaired) electrons. The molecule has 0 unspecified atom stereocenters. The number of hydrogen-bond acceptors (Lipinski definition) is 6. The van der Waals surface area contributed by atoms with Crippen molar-refractivity contribution in [1.82, 2.24) is 4.57 Å². The highest BCUT2D eigenvalue weighted by Gasteiger charge is 2.36. The Morgan fingerprint density at radius 3 is 2.05 bits per heavy atom. The maximum Gasteiger partial charge on any atom is 0.276 e. The van der Waals surface area contributed by atoms with Crippen LogP contribution in [0.3, 0.4) is 0 Å². The molecule has 8 nitrogen and oxygen atoms in total. The first-order chi connectivity index (χ1) is 19.2. The molecule has 0 aliphatic carbocycles. The van der Waals surface area contributed by atoms with Gasteiger partial charge in [-0.05, 0) is 68.3 Å². The molecule has 2 amide bonds. The Morgan fingerprint density at radius 2 is 1.48 bits per heavy atom. The summed E-state index contributed by atoms with van der Waals surface area (Å²) in [5.41, 5.74) is 1.68. The van der Waals surface area contributed by atoms with Gasteiger partial charge in [0.15, 0.2) is 0 Å². The van der Waals surface area contributed by atoms with Crippen molar-refractivity contribution in [2.24, 2.45) is 0 Å². The van der Waals surface area contributed by atoms with E-state index >= 15 is 0 Å². The second-order valence-electron chi connectivity index (χ2n) is 9.04. The molecule has 196 valence electrons. The molecule has 40 heavy (non-hydrogen) atoms. The van der Waals surface area contributed by atoms with E-state index in [0.717, 1.165) is 9.47 Å². The molecule has 1 aliphatic rings. The van der Waals surface area contributed by atoms with E-state index in [1.165, 1.54) is 6.08 Å². The Morgan fingerprint density at radius 1 is 0.875 bits per heavy atom. The molecule has 0 fully saturated rings. The van der Waals surface area contributed by atoms with E-state index in [2.05, 4.69) is 0 Å². The first-order valence-electron chi connectivity index (χ1n) is 12.3. The average molecular weight is 529 g/mol. The third-order valence-corrected chi connectivity index (χ3v) is 6.56. The summed E-state index contributed by atoms with van der Waals surface area (Å²) in [5, 5.41) is 30.3. The number of rotatable bonds is 5. The van der Waals surface area contributed by atoms with Crippen molar-refractivity contribution in [3.05, 3.63) is 128 Å². The van der Waals surface area contributed by atoms with E-state index in [-0.39, 0.29) is 33.7 Å². The topological polar surface area (TPSA) is 127 Å². The number of aromatic nitrogens is 1. The van der Waals surface area contributed by atoms with Gasteiger partial charge in [-0.3, -0.25) is 14.4 Å². The smallest absolute Gasteiger partial charge is 0.276 e. The first kappa shape index (κ1) is 27.3. The second kappa shape index (κ2) is 11.3. The fraction of sp³-hybridized carbons (Fsp3) is 0.0938. The van der Waals surface area contributed by atoms with Gasteiger partial charge in [0, 0.05) is 11.1 Å². The number of pyridine rings is 1. The number of anilines is 1. The van der Waals surface area contributed by atoms with Gasteiger partial charge in [-0.15, -0.1) is 0 Å². The first-order valence-corrected chi connectivity index (χ1v) is 12.3. The summed E-state index contributed by atoms with van der Waals surface area (Å²) in [6, 6.07) is 20.7. The molecule has 8 heteroatoms. The number of imide groups is 1. The zero-order valence-corrected chi connectivity index (χ0v) is 22.0. The van der Waals surface area contributed by atoms with Crippen LogP contribution in [0.1, 0.15) is 30.5 Å². The van der Waals surface area contributed by atoms with E-state index in [1.54, 1.807) is 99.7 Å². The molecule has 1 aliphatic heterocycles. The minimum absolute atomic E-state index is 0.0895. The van der Waals surface area contributed by atoms with Crippen LogP contribution >= 0.6 is 0 Å². The highest BCUT2D eigenvalue weighted by atomic mass is 16.3. The predicted molar refractivity (Wildman–Crippen MR) is 151 cm³/mol.